The fraction of sp³-hybridized carbons (Fsp3) is 0.714. The first-order chi connectivity index (χ1) is 4.06. The van der Waals surface area contributed by atoms with E-state index in [1.807, 2.05) is 0 Å². The fourth-order valence-corrected chi connectivity index (χ4v) is 2.01. The molecule has 0 saturated heterocycles. The van der Waals surface area contributed by atoms with Crippen LogP contribution in [0, 0.1) is 11.5 Å². The summed E-state index contributed by atoms with van der Waals surface area (Å²) in [5.41, 5.74) is 3.34. The van der Waals surface area contributed by atoms with Crippen molar-refractivity contribution >= 4 is 29.0 Å². The standard InChI is InChI=1S/C7H14SiTe/c1-8(2,3)6-5-7-9-4/h7H2,1-4H3. The third-order valence-corrected chi connectivity index (χ3v) is 2.84. The molecule has 0 unspecified atom stereocenters. The van der Waals surface area contributed by atoms with Gasteiger partial charge >= 0.3 is 69.5 Å². The maximum atomic E-state index is 3.34. The molecule has 0 rings (SSSR count). The summed E-state index contributed by atoms with van der Waals surface area (Å²) in [6, 6.07) is 0. The van der Waals surface area contributed by atoms with Gasteiger partial charge in [0.1, 0.15) is 0 Å². The molecule has 0 spiro atoms. The van der Waals surface area contributed by atoms with E-state index in [0.29, 0.717) is 0 Å². The Morgan fingerprint density at radius 2 is 1.89 bits per heavy atom. The molecule has 0 aromatic rings. The molecule has 52 valence electrons. The number of rotatable bonds is 1. The van der Waals surface area contributed by atoms with Crippen LogP contribution in [-0.4, -0.2) is 29.0 Å². The van der Waals surface area contributed by atoms with Crippen LogP contribution in [0.3, 0.4) is 0 Å². The Balaban J connectivity index is 3.59. The van der Waals surface area contributed by atoms with Crippen molar-refractivity contribution in [2.24, 2.45) is 0 Å². The second kappa shape index (κ2) is 4.39. The van der Waals surface area contributed by atoms with Crippen LogP contribution >= 0.6 is 0 Å². The van der Waals surface area contributed by atoms with Crippen molar-refractivity contribution in [3.63, 3.8) is 0 Å². The summed E-state index contributed by atoms with van der Waals surface area (Å²) >= 11 is 0.258. The normalized spacial score (nSPS) is 10.2. The minimum atomic E-state index is -1.03. The monoisotopic (exact) mass is 256 g/mol. The molecule has 0 aliphatic carbocycles. The Kier molecular flexibility index (Phi) is 4.67. The fourth-order valence-electron chi connectivity index (χ4n) is 0.373. The molecule has 0 amide bonds. The Labute approximate surface area is 69.5 Å². The third-order valence-electron chi connectivity index (χ3n) is 0.680. The van der Waals surface area contributed by atoms with Crippen molar-refractivity contribution in [1.29, 1.82) is 0 Å². The molecule has 0 atom stereocenters. The van der Waals surface area contributed by atoms with Crippen molar-refractivity contribution in [2.45, 2.75) is 29.1 Å². The Hall–Kier alpha value is 0.566. The zero-order valence-corrected chi connectivity index (χ0v) is 9.95. The van der Waals surface area contributed by atoms with E-state index in [-0.39, 0.29) is 20.9 Å². The zero-order valence-electron chi connectivity index (χ0n) is 6.62. The van der Waals surface area contributed by atoms with Crippen molar-refractivity contribution in [1.82, 2.24) is 0 Å². The molecule has 0 fully saturated rings. The number of hydrogen-bond acceptors (Lipinski definition) is 0. The molecular formula is C7H14SiTe. The quantitative estimate of drug-likeness (QED) is 0.496. The van der Waals surface area contributed by atoms with E-state index in [4.69, 9.17) is 0 Å². The van der Waals surface area contributed by atoms with Crippen LogP contribution in [0.15, 0.2) is 0 Å². The van der Waals surface area contributed by atoms with Crippen molar-refractivity contribution < 1.29 is 0 Å². The van der Waals surface area contributed by atoms with Crippen molar-refractivity contribution in [3.05, 3.63) is 0 Å². The molecule has 0 aliphatic rings. The van der Waals surface area contributed by atoms with Crippen LogP contribution in [0.25, 0.3) is 0 Å². The van der Waals surface area contributed by atoms with Crippen LogP contribution in [0.5, 0.6) is 0 Å². The summed E-state index contributed by atoms with van der Waals surface area (Å²) in [6.07, 6.45) is 0. The van der Waals surface area contributed by atoms with Gasteiger partial charge in [-0.3, -0.25) is 0 Å². The van der Waals surface area contributed by atoms with Gasteiger partial charge < -0.3 is 0 Å². The molecule has 0 heterocycles. The molecule has 9 heavy (non-hydrogen) atoms. The minimum absolute atomic E-state index is 0.258. The van der Waals surface area contributed by atoms with Crippen LogP contribution in [0.2, 0.25) is 29.1 Å². The van der Waals surface area contributed by atoms with Gasteiger partial charge in [0.15, 0.2) is 0 Å². The van der Waals surface area contributed by atoms with Crippen molar-refractivity contribution in [3.8, 4) is 11.5 Å². The van der Waals surface area contributed by atoms with E-state index >= 15 is 0 Å². The summed E-state index contributed by atoms with van der Waals surface area (Å²) < 4.78 is 1.20. The predicted octanol–water partition coefficient (Wildman–Crippen LogP) is 2.04. The van der Waals surface area contributed by atoms with E-state index in [1.54, 1.807) is 0 Å². The van der Waals surface area contributed by atoms with Crippen LogP contribution < -0.4 is 0 Å². The average molecular weight is 254 g/mol. The summed E-state index contributed by atoms with van der Waals surface area (Å²) in [5.74, 6) is 3.24. The van der Waals surface area contributed by atoms with Crippen molar-refractivity contribution in [2.75, 3.05) is 0 Å². The van der Waals surface area contributed by atoms with Gasteiger partial charge in [-0.1, -0.05) is 0 Å². The number of hydrogen-bond donors (Lipinski definition) is 0. The molecular weight excluding hydrogens is 240 g/mol. The van der Waals surface area contributed by atoms with E-state index in [9.17, 15) is 0 Å². The Morgan fingerprint density at radius 1 is 1.33 bits per heavy atom. The predicted molar refractivity (Wildman–Crippen MR) is 47.5 cm³/mol. The SMILES string of the molecule is C[Te]CC#C[Si](C)(C)C. The maximum absolute atomic E-state index is 3.34. The molecule has 0 N–H and O–H groups in total. The van der Waals surface area contributed by atoms with E-state index in [1.165, 1.54) is 4.47 Å². The third kappa shape index (κ3) is 8.57. The second-order valence-corrected chi connectivity index (χ2v) is 10.2. The first-order valence-corrected chi connectivity index (χ1v) is 10.5. The average Bonchev–Trinajstić information content (AvgIpc) is 1.63. The van der Waals surface area contributed by atoms with Gasteiger partial charge in [-0.2, -0.15) is 0 Å². The molecule has 0 nitrogen and oxygen atoms in total. The summed E-state index contributed by atoms with van der Waals surface area (Å²) in [7, 11) is -1.03. The van der Waals surface area contributed by atoms with Gasteiger partial charge in [0, 0.05) is 0 Å². The van der Waals surface area contributed by atoms with Gasteiger partial charge in [0.25, 0.3) is 0 Å². The van der Waals surface area contributed by atoms with Crippen LogP contribution in [0.1, 0.15) is 0 Å². The first-order valence-electron chi connectivity index (χ1n) is 3.05. The molecule has 0 saturated carbocycles. The Morgan fingerprint density at radius 3 is 2.22 bits per heavy atom. The van der Waals surface area contributed by atoms with E-state index < -0.39 is 8.07 Å². The summed E-state index contributed by atoms with van der Waals surface area (Å²) in [6.45, 7) is 6.86. The summed E-state index contributed by atoms with van der Waals surface area (Å²) in [4.78, 5) is 2.30. The van der Waals surface area contributed by atoms with E-state index in [2.05, 4.69) is 36.1 Å². The first kappa shape index (κ1) is 9.57. The molecule has 0 bridgehead atoms. The van der Waals surface area contributed by atoms with Gasteiger partial charge in [-0.15, -0.1) is 0 Å². The molecule has 0 aromatic carbocycles. The molecule has 0 radical (unpaired) electrons. The van der Waals surface area contributed by atoms with Gasteiger partial charge in [0.2, 0.25) is 0 Å². The Bertz CT molecular complexity index is 124. The van der Waals surface area contributed by atoms with Crippen LogP contribution in [0.4, 0.5) is 0 Å². The second-order valence-electron chi connectivity index (χ2n) is 2.98. The summed E-state index contributed by atoms with van der Waals surface area (Å²) in [5, 5.41) is 0. The zero-order chi connectivity index (χ0) is 7.33. The molecule has 0 aliphatic heterocycles. The van der Waals surface area contributed by atoms with Gasteiger partial charge in [-0.25, -0.2) is 0 Å². The van der Waals surface area contributed by atoms with Crippen LogP contribution in [-0.2, 0) is 0 Å². The molecule has 0 aromatic heterocycles. The van der Waals surface area contributed by atoms with Gasteiger partial charge in [-0.05, 0) is 0 Å². The van der Waals surface area contributed by atoms with Gasteiger partial charge in [0.05, 0.1) is 0 Å². The van der Waals surface area contributed by atoms with E-state index in [0.717, 1.165) is 0 Å². The topological polar surface area (TPSA) is 0 Å². The molecule has 2 heteroatoms.